The van der Waals surface area contributed by atoms with Crippen molar-refractivity contribution in [1.29, 1.82) is 0 Å². The molecule has 1 saturated heterocycles. The van der Waals surface area contributed by atoms with Crippen LogP contribution in [0.1, 0.15) is 33.3 Å². The normalized spacial score (nSPS) is 15.6. The first-order valence-corrected chi connectivity index (χ1v) is 9.75. The van der Waals surface area contributed by atoms with E-state index in [-0.39, 0.29) is 17.9 Å². The first-order chi connectivity index (χ1) is 12.8. The standard InChI is InChI=1S/C21H33N3O3/c1-17(2)24(16-18-8-6-5-7-9-18)20(26)21(3,4)19(25)22-10-11-23-12-14-27-15-13-23/h5-9,17H,10-16H2,1-4H3,(H,22,25). The number of carbonyl (C=O) groups excluding carboxylic acids is 2. The van der Waals surface area contributed by atoms with Crippen molar-refractivity contribution in [2.24, 2.45) is 5.41 Å². The van der Waals surface area contributed by atoms with Crippen LogP contribution in [0.3, 0.4) is 0 Å². The van der Waals surface area contributed by atoms with Gasteiger partial charge in [-0.25, -0.2) is 0 Å². The third-order valence-corrected chi connectivity index (χ3v) is 5.00. The van der Waals surface area contributed by atoms with Crippen LogP contribution >= 0.6 is 0 Å². The van der Waals surface area contributed by atoms with E-state index in [1.807, 2.05) is 44.2 Å². The molecule has 150 valence electrons. The molecule has 0 aliphatic carbocycles. The van der Waals surface area contributed by atoms with Crippen LogP contribution in [0.5, 0.6) is 0 Å². The highest BCUT2D eigenvalue weighted by atomic mass is 16.5. The smallest absolute Gasteiger partial charge is 0.238 e. The number of carbonyl (C=O) groups is 2. The molecule has 1 heterocycles. The lowest BCUT2D eigenvalue weighted by Gasteiger charge is -2.34. The fourth-order valence-corrected chi connectivity index (χ4v) is 3.10. The van der Waals surface area contributed by atoms with Crippen molar-refractivity contribution >= 4 is 11.8 Å². The number of nitrogens with one attached hydrogen (secondary N) is 1. The Morgan fingerprint density at radius 2 is 1.81 bits per heavy atom. The second-order valence-corrected chi connectivity index (χ2v) is 7.85. The van der Waals surface area contributed by atoms with Gasteiger partial charge in [-0.15, -0.1) is 0 Å². The van der Waals surface area contributed by atoms with E-state index >= 15 is 0 Å². The maximum Gasteiger partial charge on any atom is 0.238 e. The number of ether oxygens (including phenoxy) is 1. The summed E-state index contributed by atoms with van der Waals surface area (Å²) in [5, 5.41) is 2.94. The molecule has 0 aromatic heterocycles. The molecule has 0 spiro atoms. The Kier molecular flexibility index (Phi) is 7.80. The Bertz CT molecular complexity index is 610. The van der Waals surface area contributed by atoms with Crippen LogP contribution in [-0.4, -0.2) is 67.0 Å². The highest BCUT2D eigenvalue weighted by Crippen LogP contribution is 2.22. The first kappa shape index (κ1) is 21.4. The van der Waals surface area contributed by atoms with Gasteiger partial charge in [0.2, 0.25) is 11.8 Å². The molecule has 2 rings (SSSR count). The Morgan fingerprint density at radius 3 is 2.41 bits per heavy atom. The summed E-state index contributed by atoms with van der Waals surface area (Å²) < 4.78 is 5.33. The molecule has 6 heteroatoms. The molecule has 1 aromatic carbocycles. The fraction of sp³-hybridized carbons (Fsp3) is 0.619. The lowest BCUT2D eigenvalue weighted by atomic mass is 9.89. The summed E-state index contributed by atoms with van der Waals surface area (Å²) in [6.07, 6.45) is 0. The van der Waals surface area contributed by atoms with E-state index in [1.54, 1.807) is 18.7 Å². The van der Waals surface area contributed by atoms with Gasteiger partial charge >= 0.3 is 0 Å². The van der Waals surface area contributed by atoms with E-state index in [2.05, 4.69) is 10.2 Å². The minimum Gasteiger partial charge on any atom is -0.379 e. The van der Waals surface area contributed by atoms with Gasteiger partial charge in [-0.3, -0.25) is 14.5 Å². The van der Waals surface area contributed by atoms with Gasteiger partial charge in [0, 0.05) is 38.8 Å². The molecular weight excluding hydrogens is 342 g/mol. The molecule has 27 heavy (non-hydrogen) atoms. The van der Waals surface area contributed by atoms with E-state index in [0.717, 1.165) is 38.4 Å². The van der Waals surface area contributed by atoms with Crippen molar-refractivity contribution in [3.63, 3.8) is 0 Å². The SMILES string of the molecule is CC(C)N(Cc1ccccc1)C(=O)C(C)(C)C(=O)NCCN1CCOCC1. The van der Waals surface area contributed by atoms with E-state index in [0.29, 0.717) is 13.1 Å². The second-order valence-electron chi connectivity index (χ2n) is 7.85. The van der Waals surface area contributed by atoms with Gasteiger partial charge in [0.1, 0.15) is 5.41 Å². The number of rotatable bonds is 8. The molecule has 6 nitrogen and oxygen atoms in total. The molecule has 2 amide bonds. The van der Waals surface area contributed by atoms with Gasteiger partial charge in [0.15, 0.2) is 0 Å². The van der Waals surface area contributed by atoms with Crippen molar-refractivity contribution in [2.45, 2.75) is 40.3 Å². The molecule has 0 radical (unpaired) electrons. The van der Waals surface area contributed by atoms with Crippen LogP contribution in [0.15, 0.2) is 30.3 Å². The van der Waals surface area contributed by atoms with Crippen molar-refractivity contribution in [3.05, 3.63) is 35.9 Å². The topological polar surface area (TPSA) is 61.9 Å². The van der Waals surface area contributed by atoms with Crippen LogP contribution in [0.25, 0.3) is 0 Å². The first-order valence-electron chi connectivity index (χ1n) is 9.75. The molecule has 1 aromatic rings. The maximum absolute atomic E-state index is 13.2. The number of benzene rings is 1. The van der Waals surface area contributed by atoms with Crippen LogP contribution < -0.4 is 5.32 Å². The number of hydrogen-bond acceptors (Lipinski definition) is 4. The zero-order valence-corrected chi connectivity index (χ0v) is 17.0. The average Bonchev–Trinajstić information content (AvgIpc) is 2.66. The summed E-state index contributed by atoms with van der Waals surface area (Å²) in [5.41, 5.74) is -0.0487. The molecular formula is C21H33N3O3. The second kappa shape index (κ2) is 9.85. The number of nitrogens with zero attached hydrogens (tertiary/aromatic N) is 2. The fourth-order valence-electron chi connectivity index (χ4n) is 3.10. The van der Waals surface area contributed by atoms with Gasteiger partial charge < -0.3 is 15.0 Å². The monoisotopic (exact) mass is 375 g/mol. The van der Waals surface area contributed by atoms with E-state index < -0.39 is 5.41 Å². The van der Waals surface area contributed by atoms with Gasteiger partial charge in [-0.2, -0.15) is 0 Å². The molecule has 1 aliphatic rings. The van der Waals surface area contributed by atoms with Gasteiger partial charge in [-0.1, -0.05) is 30.3 Å². The Hall–Kier alpha value is -1.92. The molecule has 1 aliphatic heterocycles. The third kappa shape index (κ3) is 6.04. The van der Waals surface area contributed by atoms with Crippen molar-refractivity contribution in [1.82, 2.24) is 15.1 Å². The lowest BCUT2D eigenvalue weighted by Crippen LogP contribution is -2.52. The van der Waals surface area contributed by atoms with Crippen LogP contribution in [-0.2, 0) is 20.9 Å². The highest BCUT2D eigenvalue weighted by molar-refractivity contribution is 6.04. The molecule has 0 saturated carbocycles. The predicted octanol–water partition coefficient (Wildman–Crippen LogP) is 1.90. The zero-order valence-electron chi connectivity index (χ0n) is 17.0. The van der Waals surface area contributed by atoms with Gasteiger partial charge in [-0.05, 0) is 33.3 Å². The number of hydrogen-bond donors (Lipinski definition) is 1. The van der Waals surface area contributed by atoms with Crippen LogP contribution in [0.4, 0.5) is 0 Å². The summed E-state index contributed by atoms with van der Waals surface area (Å²) in [5.74, 6) is -0.371. The summed E-state index contributed by atoms with van der Waals surface area (Å²) in [6.45, 7) is 12.4. The molecule has 1 N–H and O–H groups in total. The van der Waals surface area contributed by atoms with Crippen LogP contribution in [0, 0.1) is 5.41 Å². The van der Waals surface area contributed by atoms with Crippen molar-refractivity contribution in [2.75, 3.05) is 39.4 Å². The van der Waals surface area contributed by atoms with Gasteiger partial charge in [0.25, 0.3) is 0 Å². The zero-order chi connectivity index (χ0) is 19.9. The summed E-state index contributed by atoms with van der Waals surface area (Å²) in [6, 6.07) is 9.88. The van der Waals surface area contributed by atoms with E-state index in [9.17, 15) is 9.59 Å². The Morgan fingerprint density at radius 1 is 1.19 bits per heavy atom. The van der Waals surface area contributed by atoms with Crippen LogP contribution in [0.2, 0.25) is 0 Å². The molecule has 0 unspecified atom stereocenters. The number of morpholine rings is 1. The molecule has 0 bridgehead atoms. The highest BCUT2D eigenvalue weighted by Gasteiger charge is 2.39. The van der Waals surface area contributed by atoms with E-state index in [1.165, 1.54) is 0 Å². The Labute approximate surface area is 162 Å². The maximum atomic E-state index is 13.2. The summed E-state index contributed by atoms with van der Waals surface area (Å²) in [7, 11) is 0. The molecule has 1 fully saturated rings. The third-order valence-electron chi connectivity index (χ3n) is 5.00. The van der Waals surface area contributed by atoms with Crippen molar-refractivity contribution < 1.29 is 14.3 Å². The largest absolute Gasteiger partial charge is 0.379 e. The Balaban J connectivity index is 1.94. The minimum atomic E-state index is -1.11. The quantitative estimate of drug-likeness (QED) is 0.705. The predicted molar refractivity (Wildman–Crippen MR) is 106 cm³/mol. The molecule has 0 atom stereocenters. The van der Waals surface area contributed by atoms with Crippen molar-refractivity contribution in [3.8, 4) is 0 Å². The lowest BCUT2D eigenvalue weighted by molar-refractivity contribution is -0.150. The average molecular weight is 376 g/mol. The summed E-state index contributed by atoms with van der Waals surface area (Å²) in [4.78, 5) is 29.9. The summed E-state index contributed by atoms with van der Waals surface area (Å²) >= 11 is 0. The van der Waals surface area contributed by atoms with E-state index in [4.69, 9.17) is 4.74 Å². The minimum absolute atomic E-state index is 0.0122. The number of amides is 2. The van der Waals surface area contributed by atoms with Gasteiger partial charge in [0.05, 0.1) is 13.2 Å².